The molecule has 31 heavy (non-hydrogen) atoms. The molecular weight excluding hydrogens is 420 g/mol. The van der Waals surface area contributed by atoms with Gasteiger partial charge in [0.1, 0.15) is 11.7 Å². The molecular formula is C22H34N2O6S. The lowest BCUT2D eigenvalue weighted by Crippen LogP contribution is -2.49. The number of ether oxygens (including phenoxy) is 2. The van der Waals surface area contributed by atoms with E-state index in [2.05, 4.69) is 9.62 Å². The van der Waals surface area contributed by atoms with E-state index in [-0.39, 0.29) is 24.3 Å². The minimum Gasteiger partial charge on any atom is -0.459 e. The van der Waals surface area contributed by atoms with E-state index in [1.807, 2.05) is 6.92 Å². The van der Waals surface area contributed by atoms with Crippen molar-refractivity contribution < 1.29 is 27.5 Å². The van der Waals surface area contributed by atoms with Gasteiger partial charge in [0.05, 0.1) is 23.8 Å². The highest BCUT2D eigenvalue weighted by atomic mass is 32.2. The predicted octanol–water partition coefficient (Wildman–Crippen LogP) is 1.59. The van der Waals surface area contributed by atoms with Crippen LogP contribution < -0.4 is 4.72 Å². The molecule has 2 saturated heterocycles. The zero-order valence-electron chi connectivity index (χ0n) is 18.3. The minimum atomic E-state index is -3.63. The molecule has 1 N–H and O–H groups in total. The highest BCUT2D eigenvalue weighted by Gasteiger charge is 2.71. The van der Waals surface area contributed by atoms with Gasteiger partial charge in [-0.2, -0.15) is 0 Å². The number of fused-ring (bicyclic) bond motifs is 1. The summed E-state index contributed by atoms with van der Waals surface area (Å²) in [5.41, 5.74) is -0.464. The van der Waals surface area contributed by atoms with E-state index in [4.69, 9.17) is 9.47 Å². The largest absolute Gasteiger partial charge is 0.459 e. The quantitative estimate of drug-likeness (QED) is 0.608. The smallest absolute Gasteiger partial charge is 0.320 e. The number of nitrogens with zero attached hydrogens (tertiary/aromatic N) is 1. The third-order valence-electron chi connectivity index (χ3n) is 8.49. The highest BCUT2D eigenvalue weighted by molar-refractivity contribution is 7.90. The summed E-state index contributed by atoms with van der Waals surface area (Å²) >= 11 is 0. The number of carbonyl (C=O) groups is 2. The van der Waals surface area contributed by atoms with E-state index in [9.17, 15) is 18.0 Å². The molecule has 0 aromatic carbocycles. The molecule has 174 valence electrons. The molecule has 5 aliphatic rings. The van der Waals surface area contributed by atoms with Crippen LogP contribution in [-0.4, -0.2) is 67.9 Å². The Hall–Kier alpha value is -1.19. The average molecular weight is 455 g/mol. The van der Waals surface area contributed by atoms with Crippen LogP contribution in [0.25, 0.3) is 0 Å². The van der Waals surface area contributed by atoms with Crippen LogP contribution in [-0.2, 0) is 29.1 Å². The van der Waals surface area contributed by atoms with Gasteiger partial charge in [-0.05, 0) is 70.4 Å². The van der Waals surface area contributed by atoms with Crippen LogP contribution in [0.4, 0.5) is 0 Å². The number of piperidine rings is 1. The number of carbonyl (C=O) groups excluding carboxylic acids is 2. The van der Waals surface area contributed by atoms with E-state index in [0.717, 1.165) is 58.0 Å². The topological polar surface area (TPSA) is 102 Å². The average Bonchev–Trinajstić information content (AvgIpc) is 3.46. The van der Waals surface area contributed by atoms with Crippen LogP contribution >= 0.6 is 0 Å². The zero-order valence-corrected chi connectivity index (χ0v) is 19.1. The second-order valence-corrected chi connectivity index (χ2v) is 12.1. The second kappa shape index (κ2) is 7.99. The second-order valence-electron chi connectivity index (χ2n) is 10.2. The van der Waals surface area contributed by atoms with Crippen molar-refractivity contribution in [2.24, 2.45) is 17.8 Å². The standard InChI is InChI=1S/C22H34N2O6S/c1-2-22(8-4-5-9-22)30-21(26)17-14-12-15-18(23-31(27,28)20(15)17)19(14)29-16(25)13-24-10-6-3-7-11-24/h14-15,17-20,23H,2-13H2,1H3. The van der Waals surface area contributed by atoms with E-state index >= 15 is 0 Å². The fourth-order valence-electron chi connectivity index (χ4n) is 6.94. The van der Waals surface area contributed by atoms with Crippen LogP contribution in [0, 0.1) is 17.8 Å². The lowest BCUT2D eigenvalue weighted by Gasteiger charge is -2.35. The van der Waals surface area contributed by atoms with Gasteiger partial charge in [0.25, 0.3) is 0 Å². The maximum Gasteiger partial charge on any atom is 0.320 e. The summed E-state index contributed by atoms with van der Waals surface area (Å²) in [4.78, 5) is 28.1. The maximum atomic E-state index is 13.3. The van der Waals surface area contributed by atoms with Crippen LogP contribution in [0.15, 0.2) is 0 Å². The van der Waals surface area contributed by atoms with Crippen molar-refractivity contribution >= 4 is 22.0 Å². The molecule has 6 atom stereocenters. The summed E-state index contributed by atoms with van der Waals surface area (Å²) < 4.78 is 40.3. The summed E-state index contributed by atoms with van der Waals surface area (Å²) in [5, 5.41) is -0.762. The number of rotatable bonds is 6. The van der Waals surface area contributed by atoms with Gasteiger partial charge in [-0.25, -0.2) is 13.1 Å². The number of likely N-dealkylation sites (tertiary alicyclic amines) is 1. The van der Waals surface area contributed by atoms with Crippen LogP contribution in [0.1, 0.15) is 64.7 Å². The van der Waals surface area contributed by atoms with Gasteiger partial charge < -0.3 is 9.47 Å². The highest BCUT2D eigenvalue weighted by Crippen LogP contribution is 2.56. The van der Waals surface area contributed by atoms with Gasteiger partial charge in [-0.15, -0.1) is 0 Å². The zero-order chi connectivity index (χ0) is 21.8. The first-order chi connectivity index (χ1) is 14.8. The van der Waals surface area contributed by atoms with Crippen molar-refractivity contribution in [1.82, 2.24) is 9.62 Å². The van der Waals surface area contributed by atoms with E-state index < -0.39 is 44.9 Å². The minimum absolute atomic E-state index is 0.193. The molecule has 3 aliphatic carbocycles. The molecule has 3 saturated carbocycles. The van der Waals surface area contributed by atoms with E-state index in [1.165, 1.54) is 6.42 Å². The van der Waals surface area contributed by atoms with Gasteiger partial charge in [0.2, 0.25) is 10.0 Å². The summed E-state index contributed by atoms with van der Waals surface area (Å²) in [6.07, 6.45) is 7.82. The third kappa shape index (κ3) is 3.70. The van der Waals surface area contributed by atoms with Crippen molar-refractivity contribution in [3.8, 4) is 0 Å². The maximum absolute atomic E-state index is 13.3. The Balaban J connectivity index is 1.32. The summed E-state index contributed by atoms with van der Waals surface area (Å²) in [7, 11) is -3.63. The van der Waals surface area contributed by atoms with Gasteiger partial charge in [-0.3, -0.25) is 14.5 Å². The normalized spacial score (nSPS) is 40.2. The number of esters is 2. The Bertz CT molecular complexity index is 833. The molecule has 0 radical (unpaired) electrons. The molecule has 2 aliphatic heterocycles. The van der Waals surface area contributed by atoms with Crippen LogP contribution in [0.5, 0.6) is 0 Å². The molecule has 5 fully saturated rings. The van der Waals surface area contributed by atoms with Crippen LogP contribution in [0.3, 0.4) is 0 Å². The lowest BCUT2D eigenvalue weighted by molar-refractivity contribution is -0.172. The molecule has 6 unspecified atom stereocenters. The monoisotopic (exact) mass is 454 g/mol. The molecule has 2 heterocycles. The van der Waals surface area contributed by atoms with Crippen molar-refractivity contribution in [1.29, 1.82) is 0 Å². The van der Waals surface area contributed by atoms with Gasteiger partial charge >= 0.3 is 11.9 Å². The van der Waals surface area contributed by atoms with Gasteiger partial charge in [0.15, 0.2) is 0 Å². The first-order valence-corrected chi connectivity index (χ1v) is 13.5. The van der Waals surface area contributed by atoms with Crippen molar-refractivity contribution in [2.45, 2.75) is 87.7 Å². The third-order valence-corrected chi connectivity index (χ3v) is 10.5. The lowest BCUT2D eigenvalue weighted by atomic mass is 9.83. The summed E-state index contributed by atoms with van der Waals surface area (Å²) in [6.45, 7) is 4.02. The van der Waals surface area contributed by atoms with E-state index in [1.54, 1.807) is 0 Å². The SMILES string of the molecule is CCC1(OC(=O)C2C3CC4C(NS(=O)(=O)C42)C3OC(=O)CN2CCCCC2)CCCC1. The molecule has 5 rings (SSSR count). The Kier molecular flexibility index (Phi) is 5.58. The summed E-state index contributed by atoms with van der Waals surface area (Å²) in [6, 6.07) is -0.416. The van der Waals surface area contributed by atoms with Crippen molar-refractivity contribution in [3.05, 3.63) is 0 Å². The van der Waals surface area contributed by atoms with Gasteiger partial charge in [0, 0.05) is 5.92 Å². The number of hydrogen-bond donors (Lipinski definition) is 1. The molecule has 0 aromatic heterocycles. The van der Waals surface area contributed by atoms with Crippen molar-refractivity contribution in [3.63, 3.8) is 0 Å². The first-order valence-electron chi connectivity index (χ1n) is 12.0. The summed E-state index contributed by atoms with van der Waals surface area (Å²) in [5.74, 6) is -1.98. The Morgan fingerprint density at radius 3 is 2.45 bits per heavy atom. The molecule has 0 amide bonds. The Morgan fingerprint density at radius 1 is 1.06 bits per heavy atom. The number of nitrogens with one attached hydrogen (secondary N) is 1. The molecule has 9 heteroatoms. The van der Waals surface area contributed by atoms with Crippen LogP contribution in [0.2, 0.25) is 0 Å². The number of hydrogen-bond acceptors (Lipinski definition) is 7. The molecule has 8 nitrogen and oxygen atoms in total. The van der Waals surface area contributed by atoms with E-state index in [0.29, 0.717) is 6.42 Å². The Morgan fingerprint density at radius 2 is 1.77 bits per heavy atom. The first kappa shape index (κ1) is 21.6. The molecule has 2 bridgehead atoms. The fourth-order valence-corrected chi connectivity index (χ4v) is 9.22. The fraction of sp³-hybridized carbons (Fsp3) is 0.909. The van der Waals surface area contributed by atoms with Gasteiger partial charge in [-0.1, -0.05) is 13.3 Å². The predicted molar refractivity (Wildman–Crippen MR) is 112 cm³/mol. The molecule has 0 spiro atoms. The molecule has 0 aromatic rings. The Labute approximate surface area is 184 Å². The number of sulfonamides is 1. The van der Waals surface area contributed by atoms with Crippen molar-refractivity contribution in [2.75, 3.05) is 19.6 Å².